The van der Waals surface area contributed by atoms with Crippen molar-refractivity contribution in [1.29, 1.82) is 0 Å². The summed E-state index contributed by atoms with van der Waals surface area (Å²) in [5.41, 5.74) is 1.36. The molecule has 0 radical (unpaired) electrons. The van der Waals surface area contributed by atoms with Crippen LogP contribution in [0.25, 0.3) is 0 Å². The number of nitrogens with one attached hydrogen (secondary N) is 2. The summed E-state index contributed by atoms with van der Waals surface area (Å²) in [6.45, 7) is 3.86. The number of nitrogens with zero attached hydrogens (tertiary/aromatic N) is 1. The Morgan fingerprint density at radius 1 is 1.22 bits per heavy atom. The largest absolute Gasteiger partial charge is 0.396 e. The zero-order valence-electron chi connectivity index (χ0n) is 13.6. The number of fused-ring (bicyclic) bond motifs is 1. The highest BCUT2D eigenvalue weighted by Crippen LogP contribution is 2.38. The number of aliphatic hydroxyl groups excluding tert-OH is 1. The van der Waals surface area contributed by atoms with Crippen molar-refractivity contribution >= 4 is 6.03 Å². The Balaban J connectivity index is 1.48. The van der Waals surface area contributed by atoms with E-state index >= 15 is 0 Å². The molecule has 5 heteroatoms. The van der Waals surface area contributed by atoms with Gasteiger partial charge in [0.15, 0.2) is 0 Å². The number of hydrogen-bond donors (Lipinski definition) is 3. The maximum Gasteiger partial charge on any atom is 0.315 e. The number of likely N-dealkylation sites (tertiary alicyclic amines) is 1. The molecule has 1 saturated heterocycles. The summed E-state index contributed by atoms with van der Waals surface area (Å²) in [4.78, 5) is 14.4. The van der Waals surface area contributed by atoms with Crippen LogP contribution in [0.5, 0.6) is 0 Å². The Kier molecular flexibility index (Phi) is 5.51. The third kappa shape index (κ3) is 4.24. The van der Waals surface area contributed by atoms with E-state index in [2.05, 4.69) is 45.9 Å². The highest BCUT2D eigenvalue weighted by molar-refractivity contribution is 5.74. The maximum atomic E-state index is 11.9. The van der Waals surface area contributed by atoms with Crippen LogP contribution in [-0.4, -0.2) is 48.3 Å². The molecule has 1 aliphatic heterocycles. The maximum absolute atomic E-state index is 11.9. The molecule has 0 spiro atoms. The molecule has 0 unspecified atom stereocenters. The van der Waals surface area contributed by atoms with Gasteiger partial charge in [-0.3, -0.25) is 4.90 Å². The van der Waals surface area contributed by atoms with Crippen LogP contribution >= 0.6 is 0 Å². The Hall–Kier alpha value is -1.59. The van der Waals surface area contributed by atoms with Crippen LogP contribution in [0.3, 0.4) is 0 Å². The molecule has 1 aromatic carbocycles. The molecule has 5 nitrogen and oxygen atoms in total. The lowest BCUT2D eigenvalue weighted by Gasteiger charge is -2.22. The lowest BCUT2D eigenvalue weighted by Crippen LogP contribution is -2.45. The number of amides is 2. The second kappa shape index (κ2) is 7.79. The van der Waals surface area contributed by atoms with Gasteiger partial charge in [-0.2, -0.15) is 0 Å². The van der Waals surface area contributed by atoms with E-state index in [9.17, 15) is 4.79 Å². The number of urea groups is 1. The molecule has 1 aliphatic carbocycles. The lowest BCUT2D eigenvalue weighted by molar-refractivity contribution is 0.228. The Morgan fingerprint density at radius 3 is 2.83 bits per heavy atom. The quantitative estimate of drug-likeness (QED) is 0.698. The minimum Gasteiger partial charge on any atom is -0.396 e. The minimum atomic E-state index is -0.0920. The zero-order chi connectivity index (χ0) is 16.1. The van der Waals surface area contributed by atoms with Crippen molar-refractivity contribution in [3.8, 4) is 0 Å². The van der Waals surface area contributed by atoms with E-state index in [-0.39, 0.29) is 18.7 Å². The van der Waals surface area contributed by atoms with Gasteiger partial charge in [0.2, 0.25) is 0 Å². The van der Waals surface area contributed by atoms with Gasteiger partial charge in [-0.1, -0.05) is 30.3 Å². The summed E-state index contributed by atoms with van der Waals surface area (Å²) in [5.74, 6) is 1.28. The van der Waals surface area contributed by atoms with Gasteiger partial charge >= 0.3 is 6.03 Å². The van der Waals surface area contributed by atoms with Gasteiger partial charge in [-0.15, -0.1) is 0 Å². The molecule has 2 fully saturated rings. The summed E-state index contributed by atoms with van der Waals surface area (Å²) in [5, 5.41) is 14.7. The van der Waals surface area contributed by atoms with E-state index in [0.717, 1.165) is 26.1 Å². The molecule has 3 atom stereocenters. The fraction of sp³-hybridized carbons (Fsp3) is 0.611. The fourth-order valence-corrected chi connectivity index (χ4v) is 4.01. The van der Waals surface area contributed by atoms with Crippen molar-refractivity contribution in [3.63, 3.8) is 0 Å². The fourth-order valence-electron chi connectivity index (χ4n) is 4.01. The van der Waals surface area contributed by atoms with Gasteiger partial charge in [0.25, 0.3) is 0 Å². The first kappa shape index (κ1) is 16.3. The average Bonchev–Trinajstić information content (AvgIpc) is 3.10. The monoisotopic (exact) mass is 317 g/mol. The number of carbonyl (C=O) groups is 1. The molecule has 3 rings (SSSR count). The molecule has 1 heterocycles. The number of aliphatic hydroxyl groups is 1. The average molecular weight is 317 g/mol. The Morgan fingerprint density at radius 2 is 2.04 bits per heavy atom. The number of hydrogen-bond acceptors (Lipinski definition) is 3. The second-order valence-corrected chi connectivity index (χ2v) is 6.76. The summed E-state index contributed by atoms with van der Waals surface area (Å²) in [6, 6.07) is 10.8. The van der Waals surface area contributed by atoms with Gasteiger partial charge < -0.3 is 15.7 Å². The summed E-state index contributed by atoms with van der Waals surface area (Å²) < 4.78 is 0. The third-order valence-corrected chi connectivity index (χ3v) is 5.12. The molecule has 3 N–H and O–H groups in total. The molecule has 0 aromatic heterocycles. The van der Waals surface area contributed by atoms with E-state index in [1.54, 1.807) is 0 Å². The van der Waals surface area contributed by atoms with Crippen molar-refractivity contribution < 1.29 is 9.90 Å². The molecule has 1 aromatic rings. The van der Waals surface area contributed by atoms with Gasteiger partial charge in [-0.25, -0.2) is 4.79 Å². The van der Waals surface area contributed by atoms with Crippen molar-refractivity contribution in [2.45, 2.75) is 31.8 Å². The van der Waals surface area contributed by atoms with Crippen LogP contribution in [0.15, 0.2) is 30.3 Å². The summed E-state index contributed by atoms with van der Waals surface area (Å²) in [6.07, 6.45) is 2.90. The van der Waals surface area contributed by atoms with Gasteiger partial charge in [0.05, 0.1) is 0 Å². The van der Waals surface area contributed by atoms with Crippen LogP contribution in [0, 0.1) is 11.8 Å². The Bertz CT molecular complexity index is 508. The van der Waals surface area contributed by atoms with Gasteiger partial charge in [0, 0.05) is 38.8 Å². The van der Waals surface area contributed by atoms with Gasteiger partial charge in [0.1, 0.15) is 0 Å². The van der Waals surface area contributed by atoms with E-state index in [0.29, 0.717) is 24.8 Å². The lowest BCUT2D eigenvalue weighted by atomic mass is 9.98. The molecular formula is C18H27N3O2. The molecule has 2 amide bonds. The van der Waals surface area contributed by atoms with Crippen molar-refractivity contribution in [2.24, 2.45) is 11.8 Å². The van der Waals surface area contributed by atoms with Crippen molar-refractivity contribution in [2.75, 3.05) is 26.2 Å². The number of benzene rings is 1. The smallest absolute Gasteiger partial charge is 0.315 e. The number of rotatable bonds is 6. The summed E-state index contributed by atoms with van der Waals surface area (Å²) in [7, 11) is 0. The van der Waals surface area contributed by atoms with E-state index in [1.807, 2.05) is 0 Å². The molecule has 126 valence electrons. The van der Waals surface area contributed by atoms with Crippen LogP contribution < -0.4 is 10.6 Å². The topological polar surface area (TPSA) is 64.6 Å². The second-order valence-electron chi connectivity index (χ2n) is 6.76. The standard InChI is InChI=1S/C18H27N3O2/c22-10-4-9-19-18(23)20-17-8-7-15-12-21(13-16(15)17)11-14-5-2-1-3-6-14/h1-3,5-6,15-17,22H,4,7-13H2,(H2,19,20,23)/t15-,16+,17+/m0/s1. The molecule has 23 heavy (non-hydrogen) atoms. The van der Waals surface area contributed by atoms with Gasteiger partial charge in [-0.05, 0) is 36.7 Å². The van der Waals surface area contributed by atoms with E-state index in [1.165, 1.54) is 12.0 Å². The van der Waals surface area contributed by atoms with Crippen LogP contribution in [0.1, 0.15) is 24.8 Å². The van der Waals surface area contributed by atoms with E-state index < -0.39 is 0 Å². The predicted octanol–water partition coefficient (Wildman–Crippen LogP) is 1.58. The Labute approximate surface area is 138 Å². The highest BCUT2D eigenvalue weighted by Gasteiger charge is 2.42. The first-order chi connectivity index (χ1) is 11.3. The minimum absolute atomic E-state index is 0.0920. The van der Waals surface area contributed by atoms with Crippen LogP contribution in [0.2, 0.25) is 0 Å². The number of carbonyl (C=O) groups excluding carboxylic acids is 1. The van der Waals surface area contributed by atoms with Crippen LogP contribution in [-0.2, 0) is 6.54 Å². The van der Waals surface area contributed by atoms with E-state index in [4.69, 9.17) is 5.11 Å². The normalized spacial score (nSPS) is 26.9. The third-order valence-electron chi connectivity index (χ3n) is 5.12. The SMILES string of the molecule is O=C(NCCCO)N[C@@H]1CC[C@H]2CN(Cc3ccccc3)C[C@H]21. The molecule has 2 aliphatic rings. The predicted molar refractivity (Wildman–Crippen MR) is 90.0 cm³/mol. The van der Waals surface area contributed by atoms with Crippen LogP contribution in [0.4, 0.5) is 4.79 Å². The zero-order valence-corrected chi connectivity index (χ0v) is 13.6. The molecule has 1 saturated carbocycles. The molecular weight excluding hydrogens is 290 g/mol. The highest BCUT2D eigenvalue weighted by atomic mass is 16.3. The first-order valence-corrected chi connectivity index (χ1v) is 8.68. The first-order valence-electron chi connectivity index (χ1n) is 8.68. The summed E-state index contributed by atoms with van der Waals surface area (Å²) >= 11 is 0. The van der Waals surface area contributed by atoms with Crippen molar-refractivity contribution in [1.82, 2.24) is 15.5 Å². The molecule has 0 bridgehead atoms. The van der Waals surface area contributed by atoms with Crippen molar-refractivity contribution in [3.05, 3.63) is 35.9 Å².